The number of aromatic nitrogens is 3. The average Bonchev–Trinajstić information content (AvgIpc) is 2.99. The number of carbonyl (C=O) groups is 1. The van der Waals surface area contributed by atoms with Crippen molar-refractivity contribution in [2.45, 2.75) is 0 Å². The average molecular weight is 364 g/mol. The number of hydrogen-bond donors (Lipinski definition) is 0. The Balaban J connectivity index is 0.00000208. The summed E-state index contributed by atoms with van der Waals surface area (Å²) < 4.78 is 1.06. The van der Waals surface area contributed by atoms with Gasteiger partial charge in [0, 0.05) is 25.5 Å². The van der Waals surface area contributed by atoms with Crippen LogP contribution < -0.4 is 4.90 Å². The minimum Gasteiger partial charge on any atom is -0.308 e. The van der Waals surface area contributed by atoms with E-state index in [1.165, 1.54) is 23.7 Å². The first-order valence-corrected chi connectivity index (χ1v) is 8.05. The predicted molar refractivity (Wildman–Crippen MR) is 99.1 cm³/mol. The van der Waals surface area contributed by atoms with Crippen molar-refractivity contribution in [3.63, 3.8) is 0 Å². The molecule has 0 aliphatic heterocycles. The Morgan fingerprint density at radius 2 is 1.96 bits per heavy atom. The standard InChI is InChI=1S/C16H17N5OS.ClH/c1-20(2)9-10-21(15(22)13-11-17-7-8-18-13)16-19-12-5-3-4-6-14(12)23-16;/h3-8,11H,9-10H2,1-2H3;1H. The summed E-state index contributed by atoms with van der Waals surface area (Å²) in [4.78, 5) is 29.2. The van der Waals surface area contributed by atoms with Crippen LogP contribution in [-0.2, 0) is 0 Å². The van der Waals surface area contributed by atoms with Gasteiger partial charge in [-0.2, -0.15) is 0 Å². The summed E-state index contributed by atoms with van der Waals surface area (Å²) in [5.74, 6) is -0.181. The number of fused-ring (bicyclic) bond motifs is 1. The molecule has 0 aliphatic rings. The number of rotatable bonds is 5. The summed E-state index contributed by atoms with van der Waals surface area (Å²) in [6, 6.07) is 7.87. The molecule has 0 unspecified atom stereocenters. The molecule has 3 aromatic rings. The Morgan fingerprint density at radius 1 is 1.17 bits per heavy atom. The zero-order chi connectivity index (χ0) is 16.2. The van der Waals surface area contributed by atoms with Gasteiger partial charge >= 0.3 is 0 Å². The summed E-state index contributed by atoms with van der Waals surface area (Å²) in [5, 5.41) is 0.684. The number of thiazole rings is 1. The number of anilines is 1. The van der Waals surface area contributed by atoms with Gasteiger partial charge in [0.15, 0.2) is 5.13 Å². The molecule has 0 bridgehead atoms. The Hall–Kier alpha value is -2.09. The lowest BCUT2D eigenvalue weighted by Gasteiger charge is -2.21. The van der Waals surface area contributed by atoms with E-state index in [4.69, 9.17) is 0 Å². The largest absolute Gasteiger partial charge is 0.308 e. The second-order valence-electron chi connectivity index (χ2n) is 5.31. The molecular weight excluding hydrogens is 346 g/mol. The van der Waals surface area contributed by atoms with Gasteiger partial charge in [-0.3, -0.25) is 14.7 Å². The summed E-state index contributed by atoms with van der Waals surface area (Å²) in [7, 11) is 3.95. The second kappa shape index (κ2) is 8.14. The number of benzene rings is 1. The zero-order valence-corrected chi connectivity index (χ0v) is 15.0. The van der Waals surface area contributed by atoms with E-state index in [0.29, 0.717) is 17.4 Å². The van der Waals surface area contributed by atoms with Crippen molar-refractivity contribution in [1.82, 2.24) is 19.9 Å². The van der Waals surface area contributed by atoms with Crippen LogP contribution in [0.25, 0.3) is 10.2 Å². The van der Waals surface area contributed by atoms with Gasteiger partial charge in [0.1, 0.15) is 5.69 Å². The van der Waals surface area contributed by atoms with Crippen LogP contribution in [0, 0.1) is 0 Å². The number of carbonyl (C=O) groups excluding carboxylic acids is 1. The zero-order valence-electron chi connectivity index (χ0n) is 13.4. The number of para-hydroxylation sites is 1. The fourth-order valence-electron chi connectivity index (χ4n) is 2.11. The highest BCUT2D eigenvalue weighted by atomic mass is 35.5. The van der Waals surface area contributed by atoms with Gasteiger partial charge in [-0.05, 0) is 26.2 Å². The fourth-order valence-corrected chi connectivity index (χ4v) is 3.10. The van der Waals surface area contributed by atoms with Gasteiger partial charge in [-0.25, -0.2) is 9.97 Å². The van der Waals surface area contributed by atoms with E-state index in [2.05, 4.69) is 15.0 Å². The molecular formula is C16H18ClN5OS. The van der Waals surface area contributed by atoms with E-state index in [9.17, 15) is 4.79 Å². The molecule has 0 fully saturated rings. The Kier molecular flexibility index (Phi) is 6.19. The first-order chi connectivity index (χ1) is 11.1. The number of nitrogens with zero attached hydrogens (tertiary/aromatic N) is 5. The third-order valence-electron chi connectivity index (χ3n) is 3.31. The smallest absolute Gasteiger partial charge is 0.280 e. The van der Waals surface area contributed by atoms with E-state index in [1.807, 2.05) is 43.3 Å². The number of amides is 1. The van der Waals surface area contributed by atoms with Crippen LogP contribution in [0.1, 0.15) is 10.5 Å². The van der Waals surface area contributed by atoms with Crippen molar-refractivity contribution < 1.29 is 4.79 Å². The van der Waals surface area contributed by atoms with Gasteiger partial charge in [-0.15, -0.1) is 12.4 Å². The molecule has 0 N–H and O–H groups in total. The number of likely N-dealkylation sites (N-methyl/N-ethyl adjacent to an activating group) is 1. The Bertz CT molecular complexity index is 775. The predicted octanol–water partition coefficient (Wildman–Crippen LogP) is 2.72. The lowest BCUT2D eigenvalue weighted by molar-refractivity contribution is 0.0980. The lowest BCUT2D eigenvalue weighted by Crippen LogP contribution is -2.37. The van der Waals surface area contributed by atoms with E-state index in [1.54, 1.807) is 11.1 Å². The third kappa shape index (κ3) is 4.05. The van der Waals surface area contributed by atoms with Gasteiger partial charge in [0.2, 0.25) is 0 Å². The van der Waals surface area contributed by atoms with Crippen LogP contribution >= 0.6 is 23.7 Å². The minimum absolute atomic E-state index is 0. The molecule has 0 saturated carbocycles. The second-order valence-corrected chi connectivity index (χ2v) is 6.32. The highest BCUT2D eigenvalue weighted by molar-refractivity contribution is 7.22. The van der Waals surface area contributed by atoms with Crippen LogP contribution in [-0.4, -0.2) is 52.9 Å². The van der Waals surface area contributed by atoms with Gasteiger partial charge in [0.25, 0.3) is 5.91 Å². The summed E-state index contributed by atoms with van der Waals surface area (Å²) in [6.07, 6.45) is 4.56. The highest BCUT2D eigenvalue weighted by Gasteiger charge is 2.22. The van der Waals surface area contributed by atoms with Crippen LogP contribution in [0.3, 0.4) is 0 Å². The van der Waals surface area contributed by atoms with Gasteiger partial charge in [0.05, 0.1) is 16.4 Å². The molecule has 126 valence electrons. The molecule has 0 saturated heterocycles. The van der Waals surface area contributed by atoms with Crippen molar-refractivity contribution in [1.29, 1.82) is 0 Å². The molecule has 24 heavy (non-hydrogen) atoms. The molecule has 0 atom stereocenters. The molecule has 6 nitrogen and oxygen atoms in total. The van der Waals surface area contributed by atoms with E-state index in [0.717, 1.165) is 16.8 Å². The number of hydrogen-bond acceptors (Lipinski definition) is 6. The van der Waals surface area contributed by atoms with Crippen LogP contribution in [0.5, 0.6) is 0 Å². The van der Waals surface area contributed by atoms with E-state index >= 15 is 0 Å². The highest BCUT2D eigenvalue weighted by Crippen LogP contribution is 2.29. The molecule has 8 heteroatoms. The molecule has 1 amide bonds. The summed E-state index contributed by atoms with van der Waals surface area (Å²) >= 11 is 1.51. The van der Waals surface area contributed by atoms with E-state index < -0.39 is 0 Å². The van der Waals surface area contributed by atoms with Crippen molar-refractivity contribution in [2.24, 2.45) is 0 Å². The molecule has 0 spiro atoms. The maximum atomic E-state index is 12.8. The van der Waals surface area contributed by atoms with Crippen molar-refractivity contribution in [3.05, 3.63) is 48.5 Å². The maximum Gasteiger partial charge on any atom is 0.280 e. The molecule has 2 heterocycles. The lowest BCUT2D eigenvalue weighted by atomic mass is 10.3. The first kappa shape index (κ1) is 18.3. The van der Waals surface area contributed by atoms with Crippen molar-refractivity contribution in [3.8, 4) is 0 Å². The summed E-state index contributed by atoms with van der Waals surface area (Å²) in [5.41, 5.74) is 1.22. The monoisotopic (exact) mass is 363 g/mol. The van der Waals surface area contributed by atoms with Crippen molar-refractivity contribution >= 4 is 45.0 Å². The van der Waals surface area contributed by atoms with Crippen molar-refractivity contribution in [2.75, 3.05) is 32.1 Å². The number of halogens is 1. The third-order valence-corrected chi connectivity index (χ3v) is 4.37. The molecule has 0 radical (unpaired) electrons. The quantitative estimate of drug-likeness (QED) is 0.697. The topological polar surface area (TPSA) is 62.2 Å². The SMILES string of the molecule is CN(C)CCN(C(=O)c1cnccn1)c1nc2ccccc2s1.Cl. The maximum absolute atomic E-state index is 12.8. The van der Waals surface area contributed by atoms with Gasteiger partial charge in [-0.1, -0.05) is 23.5 Å². The minimum atomic E-state index is -0.181. The van der Waals surface area contributed by atoms with Crippen LogP contribution in [0.2, 0.25) is 0 Å². The Morgan fingerprint density at radius 3 is 2.62 bits per heavy atom. The molecule has 2 aromatic heterocycles. The fraction of sp³-hybridized carbons (Fsp3) is 0.250. The molecule has 1 aromatic carbocycles. The molecule has 3 rings (SSSR count). The van der Waals surface area contributed by atoms with Gasteiger partial charge < -0.3 is 4.90 Å². The van der Waals surface area contributed by atoms with E-state index in [-0.39, 0.29) is 18.3 Å². The summed E-state index contributed by atoms with van der Waals surface area (Å²) in [6.45, 7) is 1.28. The Labute approximate surface area is 150 Å². The van der Waals surface area contributed by atoms with Crippen LogP contribution in [0.15, 0.2) is 42.9 Å². The first-order valence-electron chi connectivity index (χ1n) is 7.23. The molecule has 0 aliphatic carbocycles. The normalized spacial score (nSPS) is 10.6. The van der Waals surface area contributed by atoms with Crippen LogP contribution in [0.4, 0.5) is 5.13 Å².